The third-order valence-corrected chi connectivity index (χ3v) is 4.52. The Hall–Kier alpha value is -1.40. The molecule has 3 rings (SSSR count). The van der Waals surface area contributed by atoms with Crippen molar-refractivity contribution in [2.75, 3.05) is 43.1 Å². The summed E-state index contributed by atoms with van der Waals surface area (Å²) in [5.41, 5.74) is 5.75. The van der Waals surface area contributed by atoms with Gasteiger partial charge in [0.2, 0.25) is 0 Å². The molecule has 2 aliphatic rings. The molecule has 0 spiro atoms. The molecular weight excluding hydrogens is 266 g/mol. The first kappa shape index (κ1) is 14.5. The molecule has 0 aromatic carbocycles. The first-order chi connectivity index (χ1) is 10.3. The van der Waals surface area contributed by atoms with Crippen LogP contribution >= 0.6 is 0 Å². The van der Waals surface area contributed by atoms with Crippen molar-refractivity contribution in [2.45, 2.75) is 31.7 Å². The van der Waals surface area contributed by atoms with Crippen LogP contribution in [0.15, 0.2) is 12.4 Å². The molecule has 0 bridgehead atoms. The van der Waals surface area contributed by atoms with E-state index in [0.717, 1.165) is 44.5 Å². The number of nitrogens with one attached hydrogen (secondary N) is 1. The summed E-state index contributed by atoms with van der Waals surface area (Å²) in [6, 6.07) is 2.57. The van der Waals surface area contributed by atoms with E-state index in [1.165, 1.54) is 25.7 Å². The lowest BCUT2D eigenvalue weighted by molar-refractivity contribution is 0.122. The van der Waals surface area contributed by atoms with E-state index in [2.05, 4.69) is 26.3 Å². The van der Waals surface area contributed by atoms with Gasteiger partial charge in [-0.05, 0) is 38.1 Å². The van der Waals surface area contributed by atoms with Crippen LogP contribution in [0.3, 0.4) is 0 Å². The second kappa shape index (κ2) is 7.04. The molecule has 1 aliphatic heterocycles. The maximum Gasteiger partial charge on any atom is 0.134 e. The molecule has 1 saturated heterocycles. The van der Waals surface area contributed by atoms with Gasteiger partial charge in [0.05, 0.1) is 13.2 Å². The highest BCUT2D eigenvalue weighted by atomic mass is 16.5. The second-order valence-corrected chi connectivity index (χ2v) is 5.96. The van der Waals surface area contributed by atoms with Gasteiger partial charge in [-0.1, -0.05) is 0 Å². The molecule has 0 radical (unpaired) electrons. The van der Waals surface area contributed by atoms with Crippen molar-refractivity contribution in [1.82, 2.24) is 9.97 Å². The molecule has 0 atom stereocenters. The van der Waals surface area contributed by atoms with Crippen molar-refractivity contribution in [1.29, 1.82) is 0 Å². The van der Waals surface area contributed by atoms with Crippen molar-refractivity contribution in [2.24, 2.45) is 11.7 Å². The van der Waals surface area contributed by atoms with Crippen molar-refractivity contribution in [3.05, 3.63) is 12.4 Å². The van der Waals surface area contributed by atoms with Gasteiger partial charge >= 0.3 is 0 Å². The van der Waals surface area contributed by atoms with Crippen LogP contribution in [-0.2, 0) is 4.74 Å². The zero-order valence-electron chi connectivity index (χ0n) is 12.5. The highest BCUT2D eigenvalue weighted by molar-refractivity contribution is 5.49. The number of nitrogens with two attached hydrogens (primary N) is 1. The molecule has 0 unspecified atom stereocenters. The number of ether oxygens (including phenoxy) is 1. The molecule has 1 aromatic heterocycles. The zero-order chi connectivity index (χ0) is 14.5. The lowest BCUT2D eigenvalue weighted by Crippen LogP contribution is -2.37. The Labute approximate surface area is 126 Å². The fraction of sp³-hybridized carbons (Fsp3) is 0.733. The smallest absolute Gasteiger partial charge is 0.134 e. The number of rotatable bonds is 4. The van der Waals surface area contributed by atoms with Gasteiger partial charge in [-0.2, -0.15) is 0 Å². The Morgan fingerprint density at radius 1 is 1.19 bits per heavy atom. The summed E-state index contributed by atoms with van der Waals surface area (Å²) in [5.74, 6) is 2.63. The molecule has 3 N–H and O–H groups in total. The van der Waals surface area contributed by atoms with Gasteiger partial charge in [0, 0.05) is 25.2 Å². The summed E-state index contributed by atoms with van der Waals surface area (Å²) in [6.45, 7) is 4.17. The zero-order valence-corrected chi connectivity index (χ0v) is 12.5. The largest absolute Gasteiger partial charge is 0.378 e. The number of hydrogen-bond acceptors (Lipinski definition) is 6. The molecule has 21 heavy (non-hydrogen) atoms. The third kappa shape index (κ3) is 3.83. The van der Waals surface area contributed by atoms with Gasteiger partial charge in [0.25, 0.3) is 0 Å². The van der Waals surface area contributed by atoms with E-state index in [1.54, 1.807) is 6.33 Å². The van der Waals surface area contributed by atoms with Crippen LogP contribution in [0, 0.1) is 5.92 Å². The van der Waals surface area contributed by atoms with Crippen molar-refractivity contribution >= 4 is 11.6 Å². The van der Waals surface area contributed by atoms with E-state index in [0.29, 0.717) is 12.0 Å². The summed E-state index contributed by atoms with van der Waals surface area (Å²) in [7, 11) is 0. The minimum Gasteiger partial charge on any atom is -0.378 e. The average Bonchev–Trinajstić information content (AvgIpc) is 2.57. The highest BCUT2D eigenvalue weighted by Crippen LogP contribution is 2.26. The van der Waals surface area contributed by atoms with Crippen LogP contribution in [-0.4, -0.2) is 48.9 Å². The fourth-order valence-electron chi connectivity index (χ4n) is 3.14. The normalized spacial score (nSPS) is 26.6. The molecule has 6 nitrogen and oxygen atoms in total. The molecular formula is C15H25N5O. The standard InChI is InChI=1S/C15H25N5O/c16-10-12-1-3-13(4-2-12)19-14-9-15(18-11-17-14)20-5-7-21-8-6-20/h9,11-13H,1-8,10,16H2,(H,17,18,19). The number of hydrogen-bond donors (Lipinski definition) is 2. The number of anilines is 2. The van der Waals surface area contributed by atoms with Gasteiger partial charge in [-0.15, -0.1) is 0 Å². The van der Waals surface area contributed by atoms with E-state index in [1.807, 2.05) is 0 Å². The summed E-state index contributed by atoms with van der Waals surface area (Å²) in [6.07, 6.45) is 6.45. The minimum absolute atomic E-state index is 0.514. The Morgan fingerprint density at radius 3 is 2.67 bits per heavy atom. The summed E-state index contributed by atoms with van der Waals surface area (Å²) < 4.78 is 5.38. The summed E-state index contributed by atoms with van der Waals surface area (Å²) in [4.78, 5) is 11.0. The second-order valence-electron chi connectivity index (χ2n) is 5.96. The first-order valence-corrected chi connectivity index (χ1v) is 7.96. The minimum atomic E-state index is 0.514. The predicted molar refractivity (Wildman–Crippen MR) is 83.5 cm³/mol. The van der Waals surface area contributed by atoms with Gasteiger partial charge < -0.3 is 20.7 Å². The van der Waals surface area contributed by atoms with Crippen LogP contribution in [0.1, 0.15) is 25.7 Å². The monoisotopic (exact) mass is 291 g/mol. The topological polar surface area (TPSA) is 76.3 Å². The van der Waals surface area contributed by atoms with Crippen LogP contribution < -0.4 is 16.0 Å². The predicted octanol–water partition coefficient (Wildman–Crippen LogP) is 1.24. The molecule has 1 aromatic rings. The van der Waals surface area contributed by atoms with E-state index >= 15 is 0 Å². The maximum atomic E-state index is 5.75. The Balaban J connectivity index is 1.58. The SMILES string of the molecule is NCC1CCC(Nc2cc(N3CCOCC3)ncn2)CC1. The van der Waals surface area contributed by atoms with Crippen molar-refractivity contribution < 1.29 is 4.74 Å². The number of nitrogens with zero attached hydrogens (tertiary/aromatic N) is 3. The quantitative estimate of drug-likeness (QED) is 0.869. The van der Waals surface area contributed by atoms with E-state index in [-0.39, 0.29) is 0 Å². The van der Waals surface area contributed by atoms with E-state index in [9.17, 15) is 0 Å². The van der Waals surface area contributed by atoms with Gasteiger partial charge in [0.1, 0.15) is 18.0 Å². The third-order valence-electron chi connectivity index (χ3n) is 4.52. The van der Waals surface area contributed by atoms with E-state index < -0.39 is 0 Å². The van der Waals surface area contributed by atoms with Gasteiger partial charge in [-0.3, -0.25) is 0 Å². The lowest BCUT2D eigenvalue weighted by Gasteiger charge is -2.30. The van der Waals surface area contributed by atoms with Crippen molar-refractivity contribution in [3.63, 3.8) is 0 Å². The molecule has 6 heteroatoms. The van der Waals surface area contributed by atoms with Crippen molar-refractivity contribution in [3.8, 4) is 0 Å². The van der Waals surface area contributed by atoms with Crippen LogP contribution in [0.4, 0.5) is 11.6 Å². The molecule has 1 saturated carbocycles. The molecule has 2 fully saturated rings. The van der Waals surface area contributed by atoms with Gasteiger partial charge in [-0.25, -0.2) is 9.97 Å². The Bertz CT molecular complexity index is 441. The molecule has 0 amide bonds. The van der Waals surface area contributed by atoms with Crippen LogP contribution in [0.2, 0.25) is 0 Å². The number of aromatic nitrogens is 2. The van der Waals surface area contributed by atoms with Crippen LogP contribution in [0.5, 0.6) is 0 Å². The summed E-state index contributed by atoms with van der Waals surface area (Å²) >= 11 is 0. The van der Waals surface area contributed by atoms with Crippen LogP contribution in [0.25, 0.3) is 0 Å². The average molecular weight is 291 g/mol. The molecule has 2 heterocycles. The fourth-order valence-corrected chi connectivity index (χ4v) is 3.14. The Morgan fingerprint density at radius 2 is 1.95 bits per heavy atom. The van der Waals surface area contributed by atoms with Gasteiger partial charge in [0.15, 0.2) is 0 Å². The number of morpholine rings is 1. The summed E-state index contributed by atoms with van der Waals surface area (Å²) in [5, 5.41) is 3.56. The van der Waals surface area contributed by atoms with E-state index in [4.69, 9.17) is 10.5 Å². The molecule has 116 valence electrons. The first-order valence-electron chi connectivity index (χ1n) is 7.96. The Kier molecular flexibility index (Phi) is 4.87. The highest BCUT2D eigenvalue weighted by Gasteiger charge is 2.20. The molecule has 1 aliphatic carbocycles. The maximum absolute atomic E-state index is 5.75. The lowest BCUT2D eigenvalue weighted by atomic mass is 9.86.